The topological polar surface area (TPSA) is 0 Å². The fraction of sp³-hybridized carbons (Fsp3) is 0.667. The van der Waals surface area contributed by atoms with Crippen LogP contribution in [0.15, 0.2) is 0 Å². The van der Waals surface area contributed by atoms with Gasteiger partial charge in [0, 0.05) is 0 Å². The molecule has 0 saturated heterocycles. The van der Waals surface area contributed by atoms with Crippen LogP contribution in [-0.2, 0) is 0 Å². The van der Waals surface area contributed by atoms with Crippen molar-refractivity contribution in [1.82, 2.24) is 0 Å². The Hall–Kier alpha value is 1.05. The van der Waals surface area contributed by atoms with Crippen LogP contribution in [0.3, 0.4) is 0 Å². The summed E-state index contributed by atoms with van der Waals surface area (Å²) in [6.45, 7) is 7.71. The Balaban J connectivity index is 0.000000360. The smallest absolute Gasteiger partial charge is 0.340 e. The Labute approximate surface area is 69.4 Å². The molecule has 1 heteroatoms. The second kappa shape index (κ2) is 3.15. The Morgan fingerprint density at radius 1 is 1.00 bits per heavy atom. The molecule has 0 amide bonds. The van der Waals surface area contributed by atoms with Crippen LogP contribution in [0.5, 0.6) is 0 Å². The first-order valence-corrected chi connectivity index (χ1v) is 2.45. The van der Waals surface area contributed by atoms with Crippen LogP contribution < -0.4 is 0 Å². The summed E-state index contributed by atoms with van der Waals surface area (Å²) in [6.07, 6.45) is 2.50. The zero-order chi connectivity index (χ0) is 4.57. The van der Waals surface area contributed by atoms with Crippen LogP contribution >= 0.6 is 0 Å². The summed E-state index contributed by atoms with van der Waals surface area (Å²) in [5.41, 5.74) is 0. The van der Waals surface area contributed by atoms with Gasteiger partial charge in [0.15, 0.2) is 0 Å². The van der Waals surface area contributed by atoms with Gasteiger partial charge in [0.1, 0.15) is 0 Å². The predicted molar refractivity (Wildman–Crippen MR) is 26.9 cm³/mol. The molecule has 0 atom stereocenters. The maximum Gasteiger partial charge on any atom is 2.00 e. The normalized spacial score (nSPS) is 38.6. The summed E-state index contributed by atoms with van der Waals surface area (Å²) in [7, 11) is 0. The van der Waals surface area contributed by atoms with E-state index in [2.05, 4.69) is 13.8 Å². The van der Waals surface area contributed by atoms with E-state index < -0.39 is 0 Å². The maximum atomic E-state index is 3.85. The molecular formula is C6H10U. The van der Waals surface area contributed by atoms with Crippen molar-refractivity contribution in [2.75, 3.05) is 0 Å². The Morgan fingerprint density at radius 3 is 1.29 bits per heavy atom. The van der Waals surface area contributed by atoms with Gasteiger partial charge in [0.25, 0.3) is 0 Å². The summed E-state index contributed by atoms with van der Waals surface area (Å²) >= 11 is 0. The van der Waals surface area contributed by atoms with Gasteiger partial charge in [-0.25, -0.2) is 0 Å². The fourth-order valence-electron chi connectivity index (χ4n) is 0.874. The number of hydrogen-bond acceptors (Lipinski definition) is 0. The zero-order valence-electron chi connectivity index (χ0n) is 4.48. The van der Waals surface area contributed by atoms with Crippen molar-refractivity contribution in [2.24, 2.45) is 11.8 Å². The molecule has 1 aliphatic rings. The van der Waals surface area contributed by atoms with E-state index in [9.17, 15) is 0 Å². The molecule has 0 N–H and O–H groups in total. The first kappa shape index (κ1) is 8.05. The first-order chi connectivity index (χ1) is 2.79. The Morgan fingerprint density at radius 2 is 1.29 bits per heavy atom. The van der Waals surface area contributed by atoms with Crippen LogP contribution in [0.4, 0.5) is 0 Å². The summed E-state index contributed by atoms with van der Waals surface area (Å²) in [6, 6.07) is 0. The van der Waals surface area contributed by atoms with Gasteiger partial charge in [-0.15, -0.1) is 12.8 Å². The van der Waals surface area contributed by atoms with E-state index in [1.165, 1.54) is 12.8 Å². The zero-order valence-corrected chi connectivity index (χ0v) is 8.65. The summed E-state index contributed by atoms with van der Waals surface area (Å²) in [5, 5.41) is 0. The van der Waals surface area contributed by atoms with Crippen molar-refractivity contribution in [1.29, 1.82) is 0 Å². The molecule has 0 aliphatic heterocycles. The molecular weight excluding hydrogens is 310 g/mol. The van der Waals surface area contributed by atoms with Gasteiger partial charge in [0.05, 0.1) is 0 Å². The first-order valence-electron chi connectivity index (χ1n) is 2.45. The largest absolute Gasteiger partial charge is 2.00 e. The van der Waals surface area contributed by atoms with Crippen LogP contribution in [-0.4, -0.2) is 0 Å². The van der Waals surface area contributed by atoms with Gasteiger partial charge in [0.2, 0.25) is 0 Å². The maximum absolute atomic E-state index is 3.85. The molecule has 0 unspecified atom stereocenters. The minimum atomic E-state index is 0. The predicted octanol–water partition coefficient (Wildman–Crippen LogP) is 1.68. The molecule has 0 spiro atoms. The van der Waals surface area contributed by atoms with Crippen LogP contribution in [0, 0.1) is 56.8 Å². The quantitative estimate of drug-likeness (QED) is 0.596. The standard InChI is InChI=1S/C6H10.U/c1-5-3-6(2)4-5;/h5-6H,1-4H2;/q-2;+2. The van der Waals surface area contributed by atoms with Crippen molar-refractivity contribution in [3.63, 3.8) is 0 Å². The molecule has 0 aromatic rings. The van der Waals surface area contributed by atoms with Crippen molar-refractivity contribution in [3.8, 4) is 0 Å². The van der Waals surface area contributed by atoms with Gasteiger partial charge >= 0.3 is 31.1 Å². The van der Waals surface area contributed by atoms with E-state index in [4.69, 9.17) is 0 Å². The second-order valence-electron chi connectivity index (χ2n) is 2.20. The molecule has 7 heavy (non-hydrogen) atoms. The minimum absolute atomic E-state index is 0. The fourth-order valence-corrected chi connectivity index (χ4v) is 0.874. The Bertz CT molecular complexity index is 40.1. The Kier molecular flexibility index (Phi) is 3.63. The van der Waals surface area contributed by atoms with Crippen molar-refractivity contribution in [3.05, 3.63) is 13.8 Å². The average Bonchev–Trinajstić information content (AvgIpc) is 1.33. The summed E-state index contributed by atoms with van der Waals surface area (Å²) in [4.78, 5) is 0. The van der Waals surface area contributed by atoms with Gasteiger partial charge in [-0.05, 0) is 0 Å². The third-order valence-electron chi connectivity index (χ3n) is 1.33. The molecule has 0 nitrogen and oxygen atoms in total. The molecule has 1 fully saturated rings. The molecule has 1 saturated carbocycles. The number of rotatable bonds is 0. The molecule has 0 radical (unpaired) electrons. The monoisotopic (exact) mass is 320 g/mol. The molecule has 0 aromatic carbocycles. The van der Waals surface area contributed by atoms with Gasteiger partial charge < -0.3 is 13.8 Å². The summed E-state index contributed by atoms with van der Waals surface area (Å²) < 4.78 is 0. The van der Waals surface area contributed by atoms with E-state index >= 15 is 0 Å². The molecule has 0 bridgehead atoms. The third kappa shape index (κ3) is 2.20. The summed E-state index contributed by atoms with van der Waals surface area (Å²) in [5.74, 6) is 1.46. The van der Waals surface area contributed by atoms with E-state index in [0.29, 0.717) is 0 Å². The van der Waals surface area contributed by atoms with Gasteiger partial charge in [-0.2, -0.15) is 11.8 Å². The van der Waals surface area contributed by atoms with E-state index in [-0.39, 0.29) is 31.1 Å². The van der Waals surface area contributed by atoms with Crippen molar-refractivity contribution < 1.29 is 31.1 Å². The van der Waals surface area contributed by atoms with Gasteiger partial charge in [-0.3, -0.25) is 0 Å². The number of hydrogen-bond donors (Lipinski definition) is 0. The molecule has 0 heterocycles. The van der Waals surface area contributed by atoms with Crippen molar-refractivity contribution in [2.45, 2.75) is 12.8 Å². The third-order valence-corrected chi connectivity index (χ3v) is 1.33. The van der Waals surface area contributed by atoms with Gasteiger partial charge in [-0.1, -0.05) is 0 Å². The van der Waals surface area contributed by atoms with Crippen LogP contribution in [0.2, 0.25) is 0 Å². The second-order valence-corrected chi connectivity index (χ2v) is 2.20. The van der Waals surface area contributed by atoms with Crippen LogP contribution in [0.25, 0.3) is 0 Å². The van der Waals surface area contributed by atoms with Crippen LogP contribution in [0.1, 0.15) is 12.8 Å². The average molecular weight is 320 g/mol. The van der Waals surface area contributed by atoms with E-state index in [0.717, 1.165) is 11.8 Å². The van der Waals surface area contributed by atoms with E-state index in [1.54, 1.807) is 0 Å². The molecule has 38 valence electrons. The molecule has 1 rings (SSSR count). The molecule has 1 aliphatic carbocycles. The SMILES string of the molecule is [CH2-]C1CC([CH2-])C1.[U+2]. The van der Waals surface area contributed by atoms with E-state index in [1.807, 2.05) is 0 Å². The molecule has 0 aromatic heterocycles. The minimum Gasteiger partial charge on any atom is -0.340 e. The van der Waals surface area contributed by atoms with Crippen molar-refractivity contribution >= 4 is 0 Å².